The lowest BCUT2D eigenvalue weighted by atomic mass is 9.94. The molecule has 36 heavy (non-hydrogen) atoms. The Hall–Kier alpha value is -2.88. The van der Waals surface area contributed by atoms with Gasteiger partial charge in [-0.05, 0) is 51.4 Å². The molecular formula is C26H41F2N3O5. The van der Waals surface area contributed by atoms with Crippen molar-refractivity contribution < 1.29 is 28.4 Å². The number of benzene rings is 1. The van der Waals surface area contributed by atoms with Gasteiger partial charge in [0, 0.05) is 17.4 Å². The fourth-order valence-corrected chi connectivity index (χ4v) is 3.44. The Morgan fingerprint density at radius 3 is 2.03 bits per heavy atom. The van der Waals surface area contributed by atoms with E-state index in [4.69, 9.17) is 5.11 Å². The SMILES string of the molecule is CC(=O)N/C(=C\C[C@H](C[N+](=O)[O-])c1cccc(F)c1F)C(=O)O.CCCCN(CCCC)CCCC. The summed E-state index contributed by atoms with van der Waals surface area (Å²) >= 11 is 0. The van der Waals surface area contributed by atoms with Crippen LogP contribution in [0.1, 0.15) is 84.1 Å². The first kappa shape index (κ1) is 33.1. The molecule has 0 aliphatic heterocycles. The minimum Gasteiger partial charge on any atom is -0.477 e. The van der Waals surface area contributed by atoms with E-state index in [1.807, 2.05) is 0 Å². The lowest BCUT2D eigenvalue weighted by Crippen LogP contribution is -2.27. The Morgan fingerprint density at radius 2 is 1.61 bits per heavy atom. The highest BCUT2D eigenvalue weighted by Gasteiger charge is 2.23. The first-order valence-electron chi connectivity index (χ1n) is 12.6. The van der Waals surface area contributed by atoms with Crippen LogP contribution in [0.25, 0.3) is 0 Å². The maximum atomic E-state index is 13.8. The molecular weight excluding hydrogens is 472 g/mol. The molecule has 0 spiro atoms. The highest BCUT2D eigenvalue weighted by atomic mass is 19.2. The average Bonchev–Trinajstić information content (AvgIpc) is 2.82. The fourth-order valence-electron chi connectivity index (χ4n) is 3.44. The minimum atomic E-state index is -1.44. The predicted octanol–water partition coefficient (Wildman–Crippen LogP) is 5.51. The van der Waals surface area contributed by atoms with Crippen LogP contribution in [0.15, 0.2) is 30.0 Å². The Kier molecular flexibility index (Phi) is 17.8. The second-order valence-electron chi connectivity index (χ2n) is 8.60. The summed E-state index contributed by atoms with van der Waals surface area (Å²) in [5.74, 6) is -5.53. The Labute approximate surface area is 212 Å². The molecule has 204 valence electrons. The monoisotopic (exact) mass is 513 g/mol. The normalized spacial score (nSPS) is 12.0. The zero-order chi connectivity index (χ0) is 27.5. The summed E-state index contributed by atoms with van der Waals surface area (Å²) in [6, 6.07) is 3.27. The number of rotatable bonds is 16. The average molecular weight is 514 g/mol. The molecule has 0 aliphatic rings. The molecule has 1 aromatic rings. The third-order valence-corrected chi connectivity index (χ3v) is 5.42. The molecule has 0 saturated heterocycles. The van der Waals surface area contributed by atoms with Crippen molar-refractivity contribution in [3.05, 3.63) is 57.3 Å². The van der Waals surface area contributed by atoms with Gasteiger partial charge in [-0.25, -0.2) is 13.6 Å². The Morgan fingerprint density at radius 1 is 1.08 bits per heavy atom. The van der Waals surface area contributed by atoms with Crippen LogP contribution >= 0.6 is 0 Å². The predicted molar refractivity (Wildman–Crippen MR) is 136 cm³/mol. The maximum Gasteiger partial charge on any atom is 0.352 e. The number of aliphatic carboxylic acids is 1. The van der Waals surface area contributed by atoms with Gasteiger partial charge in [0.15, 0.2) is 11.6 Å². The van der Waals surface area contributed by atoms with E-state index in [1.54, 1.807) is 0 Å². The number of nitrogens with one attached hydrogen (secondary N) is 1. The second-order valence-corrected chi connectivity index (χ2v) is 8.60. The molecule has 2 N–H and O–H groups in total. The van der Waals surface area contributed by atoms with Crippen LogP contribution in [0.5, 0.6) is 0 Å². The highest BCUT2D eigenvalue weighted by molar-refractivity contribution is 5.91. The second kappa shape index (κ2) is 19.3. The van der Waals surface area contributed by atoms with Gasteiger partial charge in [0.2, 0.25) is 12.5 Å². The quantitative estimate of drug-likeness (QED) is 0.171. The number of hydrogen-bond donors (Lipinski definition) is 2. The molecule has 0 radical (unpaired) electrons. The zero-order valence-electron chi connectivity index (χ0n) is 21.9. The number of nitrogens with zero attached hydrogens (tertiary/aromatic N) is 2. The summed E-state index contributed by atoms with van der Waals surface area (Å²) in [7, 11) is 0. The van der Waals surface area contributed by atoms with Crippen LogP contribution in [0.3, 0.4) is 0 Å². The lowest BCUT2D eigenvalue weighted by molar-refractivity contribution is -0.483. The number of carboxylic acid groups (broad SMARTS) is 1. The van der Waals surface area contributed by atoms with Gasteiger partial charge >= 0.3 is 5.97 Å². The number of carbonyl (C=O) groups excluding carboxylic acids is 1. The summed E-state index contributed by atoms with van der Waals surface area (Å²) < 4.78 is 27.1. The number of allylic oxidation sites excluding steroid dienone is 1. The van der Waals surface area contributed by atoms with Crippen LogP contribution < -0.4 is 5.32 Å². The van der Waals surface area contributed by atoms with Crippen LogP contribution in [0.4, 0.5) is 8.78 Å². The summed E-state index contributed by atoms with van der Waals surface area (Å²) in [4.78, 5) is 34.5. The van der Waals surface area contributed by atoms with E-state index in [0.29, 0.717) is 0 Å². The van der Waals surface area contributed by atoms with Crippen LogP contribution in [0, 0.1) is 21.7 Å². The number of carboxylic acids is 1. The van der Waals surface area contributed by atoms with Gasteiger partial charge in [-0.2, -0.15) is 0 Å². The first-order valence-corrected chi connectivity index (χ1v) is 12.6. The summed E-state index contributed by atoms with van der Waals surface area (Å²) in [5, 5.41) is 21.7. The van der Waals surface area contributed by atoms with Crippen molar-refractivity contribution in [2.24, 2.45) is 0 Å². The molecule has 0 aromatic heterocycles. The largest absolute Gasteiger partial charge is 0.477 e. The van der Waals surface area contributed by atoms with Crippen molar-refractivity contribution in [1.82, 2.24) is 10.2 Å². The van der Waals surface area contributed by atoms with Gasteiger partial charge < -0.3 is 15.3 Å². The molecule has 0 saturated carbocycles. The summed E-state index contributed by atoms with van der Waals surface area (Å²) in [5.41, 5.74) is -0.715. The topological polar surface area (TPSA) is 113 Å². The van der Waals surface area contributed by atoms with E-state index in [2.05, 4.69) is 31.0 Å². The van der Waals surface area contributed by atoms with Crippen LogP contribution in [-0.4, -0.2) is 53.0 Å². The molecule has 0 heterocycles. The fraction of sp³-hybridized carbons (Fsp3) is 0.615. The molecule has 1 amide bonds. The van der Waals surface area contributed by atoms with Crippen molar-refractivity contribution in [1.29, 1.82) is 0 Å². The van der Waals surface area contributed by atoms with Gasteiger partial charge in [0.05, 0.1) is 5.92 Å². The minimum absolute atomic E-state index is 0.231. The molecule has 1 atom stereocenters. The first-order chi connectivity index (χ1) is 17.1. The Balaban J connectivity index is 0.000000802. The molecule has 0 aliphatic carbocycles. The van der Waals surface area contributed by atoms with Crippen molar-refractivity contribution in [3.8, 4) is 0 Å². The van der Waals surface area contributed by atoms with Gasteiger partial charge in [0.1, 0.15) is 5.70 Å². The number of halogens is 2. The number of carbonyl (C=O) groups is 2. The lowest BCUT2D eigenvalue weighted by Gasteiger charge is -2.21. The maximum absolute atomic E-state index is 13.8. The van der Waals surface area contributed by atoms with E-state index in [1.165, 1.54) is 70.3 Å². The smallest absolute Gasteiger partial charge is 0.352 e. The third-order valence-electron chi connectivity index (χ3n) is 5.42. The molecule has 8 nitrogen and oxygen atoms in total. The molecule has 1 rings (SSSR count). The zero-order valence-corrected chi connectivity index (χ0v) is 21.9. The van der Waals surface area contributed by atoms with E-state index in [0.717, 1.165) is 19.1 Å². The number of hydrogen-bond acceptors (Lipinski definition) is 5. The summed E-state index contributed by atoms with van der Waals surface area (Å²) in [6.45, 7) is 11.2. The van der Waals surface area contributed by atoms with Crippen molar-refractivity contribution >= 4 is 11.9 Å². The van der Waals surface area contributed by atoms with E-state index >= 15 is 0 Å². The standard InChI is InChI=1S/C14H14F2N2O5.C12H27N/c1-8(19)17-12(14(20)21)6-5-9(7-18(22)23)10-3-2-4-11(15)13(10)16;1-4-7-10-13(11-8-5-2)12-9-6-3/h2-4,6,9H,5,7H2,1H3,(H,17,19)(H,20,21);4-12H2,1-3H3/b12-6-;/t9-;/m1./s1. The van der Waals surface area contributed by atoms with E-state index in [9.17, 15) is 28.5 Å². The van der Waals surface area contributed by atoms with Gasteiger partial charge in [-0.1, -0.05) is 58.2 Å². The third kappa shape index (κ3) is 14.5. The van der Waals surface area contributed by atoms with E-state index in [-0.39, 0.29) is 12.0 Å². The van der Waals surface area contributed by atoms with Crippen LogP contribution in [0.2, 0.25) is 0 Å². The van der Waals surface area contributed by atoms with Crippen molar-refractivity contribution in [2.75, 3.05) is 26.2 Å². The molecule has 1 aromatic carbocycles. The van der Waals surface area contributed by atoms with Gasteiger partial charge in [0.25, 0.3) is 0 Å². The number of unbranched alkanes of at least 4 members (excludes halogenated alkanes) is 3. The van der Waals surface area contributed by atoms with Crippen molar-refractivity contribution in [3.63, 3.8) is 0 Å². The Bertz CT molecular complexity index is 830. The molecule has 0 unspecified atom stereocenters. The van der Waals surface area contributed by atoms with Crippen LogP contribution in [-0.2, 0) is 9.59 Å². The molecule has 0 fully saturated rings. The molecule has 0 bridgehead atoms. The molecule has 10 heteroatoms. The highest BCUT2D eigenvalue weighted by Crippen LogP contribution is 2.25. The number of amides is 1. The van der Waals surface area contributed by atoms with E-state index < -0.39 is 46.6 Å². The van der Waals surface area contributed by atoms with Crippen molar-refractivity contribution in [2.45, 2.75) is 78.6 Å². The summed E-state index contributed by atoms with van der Waals surface area (Å²) in [6.07, 6.45) is 8.86. The van der Waals surface area contributed by atoms with Gasteiger partial charge in [-0.3, -0.25) is 14.9 Å². The number of nitro groups is 1. The van der Waals surface area contributed by atoms with Gasteiger partial charge in [-0.15, -0.1) is 0 Å².